The molecule has 1 unspecified atom stereocenters. The Labute approximate surface area is 110 Å². The maximum atomic E-state index is 11.7. The summed E-state index contributed by atoms with van der Waals surface area (Å²) in [4.78, 5) is 26.3. The Morgan fingerprint density at radius 2 is 2.11 bits per heavy atom. The van der Waals surface area contributed by atoms with Crippen molar-refractivity contribution >= 4 is 23.2 Å². The van der Waals surface area contributed by atoms with E-state index in [0.717, 1.165) is 5.01 Å². The second kappa shape index (κ2) is 6.49. The van der Waals surface area contributed by atoms with Crippen molar-refractivity contribution in [2.24, 2.45) is 11.8 Å². The molecule has 0 fully saturated rings. The summed E-state index contributed by atoms with van der Waals surface area (Å²) in [6.07, 6.45) is 0.564. The van der Waals surface area contributed by atoms with Crippen LogP contribution >= 0.6 is 11.3 Å². The lowest BCUT2D eigenvalue weighted by molar-refractivity contribution is -0.125. The van der Waals surface area contributed by atoms with E-state index in [-0.39, 0.29) is 17.5 Å². The minimum absolute atomic E-state index is 0.0177. The molecule has 100 valence electrons. The van der Waals surface area contributed by atoms with Gasteiger partial charge in [0.1, 0.15) is 0 Å². The van der Waals surface area contributed by atoms with Crippen molar-refractivity contribution in [3.05, 3.63) is 16.1 Å². The van der Waals surface area contributed by atoms with E-state index in [1.54, 1.807) is 0 Å². The van der Waals surface area contributed by atoms with Crippen LogP contribution in [0.4, 0.5) is 0 Å². The van der Waals surface area contributed by atoms with Crippen molar-refractivity contribution < 1.29 is 14.7 Å². The largest absolute Gasteiger partial charge is 0.476 e. The number of aromatic carboxylic acids is 1. The lowest BCUT2D eigenvalue weighted by Gasteiger charge is -2.14. The number of carboxylic acids is 1. The molecule has 5 nitrogen and oxygen atoms in total. The second-order valence-corrected chi connectivity index (χ2v) is 5.45. The molecule has 1 atom stereocenters. The summed E-state index contributed by atoms with van der Waals surface area (Å²) in [5, 5.41) is 13.8. The number of thiazole rings is 1. The number of hydrogen-bond acceptors (Lipinski definition) is 4. The van der Waals surface area contributed by atoms with Crippen LogP contribution in [-0.2, 0) is 11.2 Å². The Bertz CT molecular complexity index is 429. The summed E-state index contributed by atoms with van der Waals surface area (Å²) < 4.78 is 0. The van der Waals surface area contributed by atoms with E-state index < -0.39 is 5.97 Å². The van der Waals surface area contributed by atoms with E-state index in [4.69, 9.17) is 5.11 Å². The highest BCUT2D eigenvalue weighted by Gasteiger charge is 2.16. The SMILES string of the molecule is CC(C)C(C)C(=O)NCCc1nc(C(=O)O)cs1. The molecular weight excluding hydrogens is 252 g/mol. The lowest BCUT2D eigenvalue weighted by Crippen LogP contribution is -2.33. The molecule has 1 amide bonds. The Hall–Kier alpha value is -1.43. The van der Waals surface area contributed by atoms with E-state index in [1.165, 1.54) is 16.7 Å². The monoisotopic (exact) mass is 270 g/mol. The molecule has 0 aliphatic rings. The van der Waals surface area contributed by atoms with E-state index >= 15 is 0 Å². The Balaban J connectivity index is 2.37. The first-order valence-corrected chi connectivity index (χ1v) is 6.75. The zero-order valence-corrected chi connectivity index (χ0v) is 11.6. The topological polar surface area (TPSA) is 79.3 Å². The fraction of sp³-hybridized carbons (Fsp3) is 0.583. The van der Waals surface area contributed by atoms with Gasteiger partial charge < -0.3 is 10.4 Å². The molecule has 1 rings (SSSR count). The summed E-state index contributed by atoms with van der Waals surface area (Å²) in [5.41, 5.74) is 0.0666. The number of carbonyl (C=O) groups is 2. The quantitative estimate of drug-likeness (QED) is 0.826. The molecule has 0 radical (unpaired) electrons. The second-order valence-electron chi connectivity index (χ2n) is 4.51. The van der Waals surface area contributed by atoms with Crippen molar-refractivity contribution in [1.29, 1.82) is 0 Å². The molecule has 0 saturated carbocycles. The van der Waals surface area contributed by atoms with Crippen LogP contribution in [0.3, 0.4) is 0 Å². The van der Waals surface area contributed by atoms with Crippen molar-refractivity contribution in [1.82, 2.24) is 10.3 Å². The van der Waals surface area contributed by atoms with E-state index in [2.05, 4.69) is 10.3 Å². The number of rotatable bonds is 6. The number of carbonyl (C=O) groups excluding carboxylic acids is 1. The van der Waals surface area contributed by atoms with Gasteiger partial charge in [0.05, 0.1) is 5.01 Å². The normalized spacial score (nSPS) is 12.4. The van der Waals surface area contributed by atoms with Gasteiger partial charge in [0.25, 0.3) is 0 Å². The lowest BCUT2D eigenvalue weighted by atomic mass is 9.97. The van der Waals surface area contributed by atoms with Crippen LogP contribution in [0.25, 0.3) is 0 Å². The van der Waals surface area contributed by atoms with E-state index in [0.29, 0.717) is 18.9 Å². The summed E-state index contributed by atoms with van der Waals surface area (Å²) in [6, 6.07) is 0. The number of aromatic nitrogens is 1. The molecule has 0 spiro atoms. The average molecular weight is 270 g/mol. The third-order valence-electron chi connectivity index (χ3n) is 2.82. The summed E-state index contributed by atoms with van der Waals surface area (Å²) >= 11 is 1.30. The maximum absolute atomic E-state index is 11.7. The molecular formula is C12H18N2O3S. The average Bonchev–Trinajstić information content (AvgIpc) is 2.76. The molecule has 1 aromatic heterocycles. The number of carboxylic acid groups (broad SMARTS) is 1. The van der Waals surface area contributed by atoms with Crippen molar-refractivity contribution in [3.63, 3.8) is 0 Å². The fourth-order valence-corrected chi connectivity index (χ4v) is 2.05. The molecule has 18 heavy (non-hydrogen) atoms. The molecule has 2 N–H and O–H groups in total. The predicted molar refractivity (Wildman–Crippen MR) is 69.8 cm³/mol. The van der Waals surface area contributed by atoms with Crippen LogP contribution in [0.2, 0.25) is 0 Å². The van der Waals surface area contributed by atoms with Gasteiger partial charge in [0.15, 0.2) is 5.69 Å². The van der Waals surface area contributed by atoms with Crippen LogP contribution in [0.5, 0.6) is 0 Å². The first-order valence-electron chi connectivity index (χ1n) is 5.87. The summed E-state index contributed by atoms with van der Waals surface area (Å²) in [7, 11) is 0. The third-order valence-corrected chi connectivity index (χ3v) is 3.73. The van der Waals surface area contributed by atoms with Gasteiger partial charge in [-0.15, -0.1) is 11.3 Å². The molecule has 0 saturated heterocycles. The molecule has 1 heterocycles. The van der Waals surface area contributed by atoms with Crippen LogP contribution < -0.4 is 5.32 Å². The van der Waals surface area contributed by atoms with E-state index in [9.17, 15) is 9.59 Å². The van der Waals surface area contributed by atoms with Gasteiger partial charge in [-0.2, -0.15) is 0 Å². The third kappa shape index (κ3) is 4.10. The number of amides is 1. The van der Waals surface area contributed by atoms with Crippen LogP contribution in [-0.4, -0.2) is 28.5 Å². The highest BCUT2D eigenvalue weighted by Crippen LogP contribution is 2.11. The van der Waals surface area contributed by atoms with Gasteiger partial charge in [-0.05, 0) is 5.92 Å². The Morgan fingerprint density at radius 3 is 2.61 bits per heavy atom. The fourth-order valence-electron chi connectivity index (χ4n) is 1.28. The Kier molecular flexibility index (Phi) is 5.27. The van der Waals surface area contributed by atoms with Gasteiger partial charge in [0.2, 0.25) is 5.91 Å². The highest BCUT2D eigenvalue weighted by atomic mass is 32.1. The van der Waals surface area contributed by atoms with Crippen LogP contribution in [0.15, 0.2) is 5.38 Å². The highest BCUT2D eigenvalue weighted by molar-refractivity contribution is 7.09. The number of nitrogens with zero attached hydrogens (tertiary/aromatic N) is 1. The molecule has 1 aromatic rings. The van der Waals surface area contributed by atoms with Crippen LogP contribution in [0, 0.1) is 11.8 Å². The van der Waals surface area contributed by atoms with Crippen LogP contribution in [0.1, 0.15) is 36.3 Å². The van der Waals surface area contributed by atoms with Gasteiger partial charge in [-0.3, -0.25) is 4.79 Å². The first kappa shape index (κ1) is 14.6. The smallest absolute Gasteiger partial charge is 0.355 e. The summed E-state index contributed by atoms with van der Waals surface area (Å²) in [6.45, 7) is 6.39. The van der Waals surface area contributed by atoms with E-state index in [1.807, 2.05) is 20.8 Å². The zero-order valence-electron chi connectivity index (χ0n) is 10.8. The van der Waals surface area contributed by atoms with Gasteiger partial charge >= 0.3 is 5.97 Å². The molecule has 0 bridgehead atoms. The number of nitrogens with one attached hydrogen (secondary N) is 1. The number of hydrogen-bond donors (Lipinski definition) is 2. The molecule has 0 aromatic carbocycles. The zero-order chi connectivity index (χ0) is 13.7. The molecule has 6 heteroatoms. The van der Waals surface area contributed by atoms with Gasteiger partial charge in [-0.25, -0.2) is 9.78 Å². The predicted octanol–water partition coefficient (Wildman–Crippen LogP) is 1.79. The summed E-state index contributed by atoms with van der Waals surface area (Å²) in [5.74, 6) is -0.700. The maximum Gasteiger partial charge on any atom is 0.355 e. The first-order chi connectivity index (χ1) is 8.41. The van der Waals surface area contributed by atoms with Crippen molar-refractivity contribution in [2.45, 2.75) is 27.2 Å². The Morgan fingerprint density at radius 1 is 1.44 bits per heavy atom. The molecule has 0 aliphatic carbocycles. The standard InChI is InChI=1S/C12H18N2O3S/c1-7(2)8(3)11(15)13-5-4-10-14-9(6-18-10)12(16)17/h6-8H,4-5H2,1-3H3,(H,13,15)(H,16,17). The molecule has 0 aliphatic heterocycles. The van der Waals surface area contributed by atoms with Gasteiger partial charge in [0, 0.05) is 24.3 Å². The van der Waals surface area contributed by atoms with Crippen molar-refractivity contribution in [2.75, 3.05) is 6.54 Å². The van der Waals surface area contributed by atoms with Crippen molar-refractivity contribution in [3.8, 4) is 0 Å². The minimum Gasteiger partial charge on any atom is -0.476 e. The van der Waals surface area contributed by atoms with Gasteiger partial charge in [-0.1, -0.05) is 20.8 Å². The minimum atomic E-state index is -1.02.